The van der Waals surface area contributed by atoms with Crippen LogP contribution in [0.1, 0.15) is 35.7 Å². The smallest absolute Gasteiger partial charge is 0.265 e. The molecule has 2 fully saturated rings. The van der Waals surface area contributed by atoms with Gasteiger partial charge in [0, 0.05) is 43.0 Å². The first-order valence-corrected chi connectivity index (χ1v) is 10.9. The topological polar surface area (TPSA) is 79.3 Å². The van der Waals surface area contributed by atoms with Crippen molar-refractivity contribution in [2.75, 3.05) is 24.5 Å². The zero-order chi connectivity index (χ0) is 21.5. The molecule has 7 heteroatoms. The number of benzene rings is 2. The Labute approximate surface area is 181 Å². The second-order valence-electron chi connectivity index (χ2n) is 8.67. The predicted molar refractivity (Wildman–Crippen MR) is 122 cm³/mol. The van der Waals surface area contributed by atoms with Gasteiger partial charge in [-0.2, -0.15) is 0 Å². The molecule has 1 atom stereocenters. The van der Waals surface area contributed by atoms with Crippen LogP contribution in [-0.2, 0) is 0 Å². The first kappa shape index (κ1) is 19.8. The van der Waals surface area contributed by atoms with E-state index >= 15 is 0 Å². The van der Waals surface area contributed by atoms with Gasteiger partial charge in [0.25, 0.3) is 11.5 Å². The zero-order valence-electron chi connectivity index (χ0n) is 17.9. The van der Waals surface area contributed by atoms with Gasteiger partial charge in [-0.05, 0) is 62.6 Å². The molecule has 2 aliphatic rings. The average Bonchev–Trinajstić information content (AvgIpc) is 3.58. The quantitative estimate of drug-likeness (QED) is 0.682. The normalized spacial score (nSPS) is 18.9. The van der Waals surface area contributed by atoms with E-state index in [4.69, 9.17) is 0 Å². The molecular weight excluding hydrogens is 390 g/mol. The molecule has 1 aliphatic heterocycles. The fourth-order valence-corrected chi connectivity index (χ4v) is 4.15. The van der Waals surface area contributed by atoms with Gasteiger partial charge in [0.1, 0.15) is 6.33 Å². The Hall–Kier alpha value is -3.19. The van der Waals surface area contributed by atoms with Crippen LogP contribution >= 0.6 is 0 Å². The van der Waals surface area contributed by atoms with Crippen molar-refractivity contribution in [2.45, 2.75) is 38.8 Å². The number of hydrogen-bond acceptors (Lipinski definition) is 5. The summed E-state index contributed by atoms with van der Waals surface area (Å²) >= 11 is 0. The number of anilines is 1. The van der Waals surface area contributed by atoms with Crippen LogP contribution in [0.2, 0.25) is 0 Å². The van der Waals surface area contributed by atoms with Crippen LogP contribution in [0.25, 0.3) is 16.6 Å². The number of nitrogens with zero attached hydrogens (tertiary/aromatic N) is 3. The van der Waals surface area contributed by atoms with Gasteiger partial charge in [-0.25, -0.2) is 4.98 Å². The lowest BCUT2D eigenvalue weighted by molar-refractivity contribution is 0.0951. The van der Waals surface area contributed by atoms with Crippen molar-refractivity contribution >= 4 is 22.5 Å². The van der Waals surface area contributed by atoms with Crippen LogP contribution in [-0.4, -0.2) is 47.2 Å². The van der Waals surface area contributed by atoms with Gasteiger partial charge in [-0.3, -0.25) is 14.2 Å². The summed E-state index contributed by atoms with van der Waals surface area (Å²) in [6, 6.07) is 12.0. The van der Waals surface area contributed by atoms with Crippen molar-refractivity contribution in [3.8, 4) is 5.69 Å². The molecule has 1 saturated heterocycles. The Morgan fingerprint density at radius 1 is 1.19 bits per heavy atom. The molecule has 2 N–H and O–H groups in total. The average molecular weight is 418 g/mol. The molecule has 3 aromatic rings. The summed E-state index contributed by atoms with van der Waals surface area (Å²) in [5.74, 6) is -0.0966. The van der Waals surface area contributed by atoms with E-state index in [1.54, 1.807) is 23.0 Å². The number of hydrogen-bond donors (Lipinski definition) is 2. The Balaban J connectivity index is 1.55. The third-order valence-electron chi connectivity index (χ3n) is 6.12. The van der Waals surface area contributed by atoms with E-state index in [0.717, 1.165) is 43.7 Å². The molecule has 1 saturated carbocycles. The van der Waals surface area contributed by atoms with Crippen LogP contribution in [0.15, 0.2) is 47.5 Å². The highest BCUT2D eigenvalue weighted by Gasteiger charge is 2.24. The van der Waals surface area contributed by atoms with Gasteiger partial charge in [0.05, 0.1) is 16.6 Å². The maximum atomic E-state index is 13.4. The van der Waals surface area contributed by atoms with Gasteiger partial charge < -0.3 is 15.5 Å². The van der Waals surface area contributed by atoms with Crippen LogP contribution in [0.3, 0.4) is 0 Å². The van der Waals surface area contributed by atoms with Crippen LogP contribution in [0, 0.1) is 6.92 Å². The fraction of sp³-hybridized carbons (Fsp3) is 0.375. The summed E-state index contributed by atoms with van der Waals surface area (Å²) in [6.45, 7) is 6.83. The Morgan fingerprint density at radius 3 is 2.81 bits per heavy atom. The molecule has 2 heterocycles. The molecular formula is C24H27N5O2. The third kappa shape index (κ3) is 3.93. The van der Waals surface area contributed by atoms with Crippen molar-refractivity contribution < 1.29 is 4.79 Å². The molecule has 5 rings (SSSR count). The summed E-state index contributed by atoms with van der Waals surface area (Å²) in [7, 11) is 0. The van der Waals surface area contributed by atoms with Crippen molar-refractivity contribution in [1.82, 2.24) is 20.2 Å². The number of amides is 1. The highest BCUT2D eigenvalue weighted by Crippen LogP contribution is 2.23. The molecule has 31 heavy (non-hydrogen) atoms. The van der Waals surface area contributed by atoms with E-state index in [9.17, 15) is 9.59 Å². The maximum Gasteiger partial charge on any atom is 0.265 e. The molecule has 0 unspecified atom stereocenters. The zero-order valence-corrected chi connectivity index (χ0v) is 17.9. The van der Waals surface area contributed by atoms with E-state index < -0.39 is 0 Å². The lowest BCUT2D eigenvalue weighted by Gasteiger charge is -2.33. The lowest BCUT2D eigenvalue weighted by atomic mass is 10.1. The van der Waals surface area contributed by atoms with Crippen molar-refractivity contribution in [3.63, 3.8) is 0 Å². The van der Waals surface area contributed by atoms with E-state index in [2.05, 4.69) is 27.4 Å². The van der Waals surface area contributed by atoms with Gasteiger partial charge >= 0.3 is 0 Å². The van der Waals surface area contributed by atoms with Gasteiger partial charge in [0.15, 0.2) is 0 Å². The number of nitrogens with one attached hydrogen (secondary N) is 2. The second-order valence-corrected chi connectivity index (χ2v) is 8.67. The standard InChI is InChI=1S/C24H27N5O2/c1-15-3-4-17(23(30)27-18-5-6-18)11-22(15)29-14-26-21-8-7-19(12-20(21)24(29)31)28-10-9-25-16(2)13-28/h3-4,7-8,11-12,14,16,18,25H,5-6,9-10,13H2,1-2H3,(H,27,30)/t16-/m0/s1. The minimum atomic E-state index is -0.127. The Morgan fingerprint density at radius 2 is 2.03 bits per heavy atom. The van der Waals surface area contributed by atoms with Crippen LogP contribution in [0.4, 0.5) is 5.69 Å². The van der Waals surface area contributed by atoms with Crippen LogP contribution in [0.5, 0.6) is 0 Å². The molecule has 1 aromatic heterocycles. The van der Waals surface area contributed by atoms with Crippen LogP contribution < -0.4 is 21.1 Å². The number of aryl methyl sites for hydroxylation is 1. The third-order valence-corrected chi connectivity index (χ3v) is 6.12. The van der Waals surface area contributed by atoms with Crippen molar-refractivity contribution in [1.29, 1.82) is 0 Å². The molecule has 0 radical (unpaired) electrons. The summed E-state index contributed by atoms with van der Waals surface area (Å²) in [5.41, 5.74) is 3.74. The van der Waals surface area contributed by atoms with Gasteiger partial charge in [-0.15, -0.1) is 0 Å². The summed E-state index contributed by atoms with van der Waals surface area (Å²) in [5, 5.41) is 7.03. The highest BCUT2D eigenvalue weighted by atomic mass is 16.1. The minimum absolute atomic E-state index is 0.0966. The number of carbonyl (C=O) groups is 1. The molecule has 0 bridgehead atoms. The highest BCUT2D eigenvalue weighted by molar-refractivity contribution is 5.95. The lowest BCUT2D eigenvalue weighted by Crippen LogP contribution is -2.49. The Bertz CT molecular complexity index is 1210. The van der Waals surface area contributed by atoms with E-state index in [1.165, 1.54) is 0 Å². The SMILES string of the molecule is Cc1ccc(C(=O)NC2CC2)cc1-n1cnc2ccc(N3CCN[C@@H](C)C3)cc2c1=O. The summed E-state index contributed by atoms with van der Waals surface area (Å²) in [6.07, 6.45) is 3.63. The molecule has 160 valence electrons. The molecule has 1 amide bonds. The number of aromatic nitrogens is 2. The number of rotatable bonds is 4. The maximum absolute atomic E-state index is 13.4. The van der Waals surface area contributed by atoms with Gasteiger partial charge in [0.2, 0.25) is 0 Å². The molecule has 1 aliphatic carbocycles. The summed E-state index contributed by atoms with van der Waals surface area (Å²) in [4.78, 5) is 32.8. The first-order chi connectivity index (χ1) is 15.0. The molecule has 0 spiro atoms. The fourth-order valence-electron chi connectivity index (χ4n) is 4.15. The molecule has 2 aromatic carbocycles. The van der Waals surface area contributed by atoms with E-state index in [1.807, 2.05) is 31.2 Å². The minimum Gasteiger partial charge on any atom is -0.369 e. The number of fused-ring (bicyclic) bond motifs is 1. The first-order valence-electron chi connectivity index (χ1n) is 10.9. The largest absolute Gasteiger partial charge is 0.369 e. The predicted octanol–water partition coefficient (Wildman–Crippen LogP) is 2.38. The number of piperazine rings is 1. The van der Waals surface area contributed by atoms with Gasteiger partial charge in [-0.1, -0.05) is 6.07 Å². The van der Waals surface area contributed by atoms with Crippen molar-refractivity contribution in [3.05, 3.63) is 64.2 Å². The summed E-state index contributed by atoms with van der Waals surface area (Å²) < 4.78 is 1.55. The second kappa shape index (κ2) is 7.81. The van der Waals surface area contributed by atoms with Crippen molar-refractivity contribution in [2.24, 2.45) is 0 Å². The van der Waals surface area contributed by atoms with E-state index in [0.29, 0.717) is 28.2 Å². The van der Waals surface area contributed by atoms with E-state index in [-0.39, 0.29) is 17.5 Å². The molecule has 7 nitrogen and oxygen atoms in total. The Kier molecular flexibility index (Phi) is 4.98. The number of carbonyl (C=O) groups excluding carboxylic acids is 1. The monoisotopic (exact) mass is 417 g/mol.